The lowest BCUT2D eigenvalue weighted by Gasteiger charge is -2.23. The number of rotatable bonds is 2. The average molecular weight is 449 g/mol. The van der Waals surface area contributed by atoms with Crippen LogP contribution < -0.4 is 20.2 Å². The first-order chi connectivity index (χ1) is 15.3. The van der Waals surface area contributed by atoms with Gasteiger partial charge < -0.3 is 10.1 Å². The number of nitrogens with one attached hydrogen (secondary N) is 1. The number of nitrogens with zero attached hydrogens (tertiary/aromatic N) is 4. The summed E-state index contributed by atoms with van der Waals surface area (Å²) in [5.41, 5.74) is 3.46. The topological polar surface area (TPSA) is 108 Å². The Hall–Kier alpha value is -3.79. The number of aromatic nitrogens is 3. The van der Waals surface area contributed by atoms with Crippen molar-refractivity contribution in [3.05, 3.63) is 78.2 Å². The zero-order chi connectivity index (χ0) is 22.7. The molecule has 4 heterocycles. The van der Waals surface area contributed by atoms with Crippen LogP contribution in [-0.2, 0) is 21.4 Å². The van der Waals surface area contributed by atoms with Gasteiger partial charge in [-0.05, 0) is 19.9 Å². The van der Waals surface area contributed by atoms with E-state index in [0.717, 1.165) is 17.0 Å². The number of hydrogen-bond donors (Lipinski definition) is 1. The number of carbonyl (C=O) groups excluding carboxylic acids is 2. The van der Waals surface area contributed by atoms with Crippen LogP contribution in [-0.4, -0.2) is 33.3 Å². The lowest BCUT2D eigenvalue weighted by atomic mass is 9.96. The molecule has 2 aliphatic heterocycles. The number of thiazole rings is 1. The maximum Gasteiger partial charge on any atom is 0.338 e. The van der Waals surface area contributed by atoms with Crippen molar-refractivity contribution >= 4 is 34.5 Å². The second kappa shape index (κ2) is 7.13. The van der Waals surface area contributed by atoms with E-state index in [4.69, 9.17) is 4.74 Å². The van der Waals surface area contributed by atoms with Gasteiger partial charge in [-0.25, -0.2) is 9.79 Å². The van der Waals surface area contributed by atoms with E-state index in [1.807, 2.05) is 19.1 Å². The van der Waals surface area contributed by atoms with Gasteiger partial charge in [0.05, 0.1) is 30.1 Å². The fraction of sp³-hybridized carbons (Fsp3) is 0.227. The summed E-state index contributed by atoms with van der Waals surface area (Å²) in [6.45, 7) is 3.58. The predicted octanol–water partition coefficient (Wildman–Crippen LogP) is 0.772. The minimum Gasteiger partial charge on any atom is -0.466 e. The van der Waals surface area contributed by atoms with Crippen LogP contribution in [0.1, 0.15) is 29.8 Å². The van der Waals surface area contributed by atoms with E-state index in [2.05, 4.69) is 15.4 Å². The molecule has 162 valence electrons. The smallest absolute Gasteiger partial charge is 0.338 e. The number of aryl methyl sites for hydroxylation is 1. The van der Waals surface area contributed by atoms with Gasteiger partial charge in [0.25, 0.3) is 11.5 Å². The van der Waals surface area contributed by atoms with Crippen molar-refractivity contribution in [2.75, 3.05) is 12.4 Å². The van der Waals surface area contributed by atoms with Crippen LogP contribution in [0.25, 0.3) is 5.57 Å². The van der Waals surface area contributed by atoms with Crippen molar-refractivity contribution in [2.24, 2.45) is 12.0 Å². The molecule has 0 bridgehead atoms. The number of hydrogen-bond acceptors (Lipinski definition) is 7. The van der Waals surface area contributed by atoms with E-state index in [9.17, 15) is 14.4 Å². The maximum absolute atomic E-state index is 13.7. The van der Waals surface area contributed by atoms with Gasteiger partial charge in [0.15, 0.2) is 4.80 Å². The number of ether oxygens (including phenoxy) is 1. The number of para-hydroxylation sites is 1. The third kappa shape index (κ3) is 2.72. The first kappa shape index (κ1) is 20.1. The van der Waals surface area contributed by atoms with E-state index in [0.29, 0.717) is 32.9 Å². The van der Waals surface area contributed by atoms with Gasteiger partial charge in [0, 0.05) is 29.6 Å². The zero-order valence-corrected chi connectivity index (χ0v) is 18.6. The van der Waals surface area contributed by atoms with Gasteiger partial charge >= 0.3 is 5.97 Å². The highest BCUT2D eigenvalue weighted by Gasteiger charge is 2.36. The molecule has 0 spiro atoms. The standard InChI is InChI=1S/C22H19N5O4S/c1-10-15(21(30)31-4)17(13-9-23-26(3)11(13)2)27-20(29)18(32-22(27)24-10)16-12-7-5-6-8-14(12)25-19(16)28/h5-9,17H,1-4H3,(H,25,28). The number of fused-ring (bicyclic) bond motifs is 2. The molecular weight excluding hydrogens is 430 g/mol. The van der Waals surface area contributed by atoms with Crippen molar-refractivity contribution in [3.63, 3.8) is 0 Å². The number of anilines is 1. The molecule has 0 radical (unpaired) electrons. The molecule has 0 saturated carbocycles. The lowest BCUT2D eigenvalue weighted by Crippen LogP contribution is -2.40. The van der Waals surface area contributed by atoms with Crippen molar-refractivity contribution < 1.29 is 14.3 Å². The zero-order valence-electron chi connectivity index (χ0n) is 17.8. The quantitative estimate of drug-likeness (QED) is 0.582. The number of amides is 1. The second-order valence-electron chi connectivity index (χ2n) is 7.58. The third-order valence-electron chi connectivity index (χ3n) is 5.87. The first-order valence-corrected chi connectivity index (χ1v) is 10.7. The Kier molecular flexibility index (Phi) is 4.48. The number of carbonyl (C=O) groups is 2. The van der Waals surface area contributed by atoms with Gasteiger partial charge in [0.2, 0.25) is 0 Å². The molecule has 5 rings (SSSR count). The Balaban J connectivity index is 1.87. The van der Waals surface area contributed by atoms with Crippen LogP contribution in [0.4, 0.5) is 5.69 Å². The van der Waals surface area contributed by atoms with E-state index in [1.54, 1.807) is 37.0 Å². The molecular formula is C22H19N5O4S. The maximum atomic E-state index is 13.7. The van der Waals surface area contributed by atoms with Crippen LogP contribution in [0.15, 0.2) is 51.5 Å². The van der Waals surface area contributed by atoms with Crippen LogP contribution in [0.2, 0.25) is 0 Å². The number of benzene rings is 1. The molecule has 9 nitrogen and oxygen atoms in total. The SMILES string of the molecule is COC(=O)C1=C(C)N=c2sc(=C3C(=O)Nc4ccccc43)c(=O)n2C1c1cnn(C)c1C. The van der Waals surface area contributed by atoms with Gasteiger partial charge in [0.1, 0.15) is 10.6 Å². The van der Waals surface area contributed by atoms with Gasteiger partial charge in [-0.2, -0.15) is 5.10 Å². The molecule has 1 atom stereocenters. The highest BCUT2D eigenvalue weighted by Crippen LogP contribution is 2.33. The Morgan fingerprint density at radius 3 is 2.66 bits per heavy atom. The highest BCUT2D eigenvalue weighted by molar-refractivity contribution is 7.07. The molecule has 1 aromatic carbocycles. The molecule has 10 heteroatoms. The predicted molar refractivity (Wildman–Crippen MR) is 118 cm³/mol. The summed E-state index contributed by atoms with van der Waals surface area (Å²) in [6.07, 6.45) is 1.64. The third-order valence-corrected chi connectivity index (χ3v) is 6.92. The summed E-state index contributed by atoms with van der Waals surface area (Å²) in [5, 5.41) is 7.10. The Bertz CT molecular complexity index is 1540. The monoisotopic (exact) mass is 449 g/mol. The van der Waals surface area contributed by atoms with Crippen molar-refractivity contribution in [3.8, 4) is 0 Å². The molecule has 1 unspecified atom stereocenters. The average Bonchev–Trinajstić information content (AvgIpc) is 3.39. The van der Waals surface area contributed by atoms with Crippen LogP contribution in [0.5, 0.6) is 0 Å². The van der Waals surface area contributed by atoms with Gasteiger partial charge in [-0.15, -0.1) is 0 Å². The minimum atomic E-state index is -0.763. The first-order valence-electron chi connectivity index (χ1n) is 9.86. The van der Waals surface area contributed by atoms with E-state index in [1.165, 1.54) is 11.7 Å². The Morgan fingerprint density at radius 2 is 1.97 bits per heavy atom. The molecule has 0 saturated heterocycles. The summed E-state index contributed by atoms with van der Waals surface area (Å²) in [7, 11) is 3.08. The molecule has 1 amide bonds. The van der Waals surface area contributed by atoms with Crippen molar-refractivity contribution in [1.82, 2.24) is 14.3 Å². The Labute approximate surface area is 186 Å². The molecule has 32 heavy (non-hydrogen) atoms. The molecule has 0 fully saturated rings. The summed E-state index contributed by atoms with van der Waals surface area (Å²) < 4.78 is 8.43. The summed E-state index contributed by atoms with van der Waals surface area (Å²) >= 11 is 1.14. The normalized spacial score (nSPS) is 18.8. The molecule has 1 N–H and O–H groups in total. The molecule has 0 aliphatic carbocycles. The van der Waals surface area contributed by atoms with Crippen molar-refractivity contribution in [2.45, 2.75) is 19.9 Å². The van der Waals surface area contributed by atoms with Crippen LogP contribution in [0, 0.1) is 6.92 Å². The Morgan fingerprint density at radius 1 is 1.22 bits per heavy atom. The lowest BCUT2D eigenvalue weighted by molar-refractivity contribution is -0.136. The fourth-order valence-corrected chi connectivity index (χ4v) is 5.31. The highest BCUT2D eigenvalue weighted by atomic mass is 32.1. The van der Waals surface area contributed by atoms with Crippen LogP contribution in [0.3, 0.4) is 0 Å². The van der Waals surface area contributed by atoms with E-state index >= 15 is 0 Å². The summed E-state index contributed by atoms with van der Waals surface area (Å²) in [4.78, 5) is 44.2. The van der Waals surface area contributed by atoms with E-state index in [-0.39, 0.29) is 16.0 Å². The number of esters is 1. The number of methoxy groups -OCH3 is 1. The second-order valence-corrected chi connectivity index (χ2v) is 8.56. The fourth-order valence-electron chi connectivity index (χ4n) is 4.16. The largest absolute Gasteiger partial charge is 0.466 e. The molecule has 2 aromatic heterocycles. The van der Waals surface area contributed by atoms with Crippen LogP contribution >= 0.6 is 11.3 Å². The molecule has 2 aliphatic rings. The molecule has 3 aromatic rings. The van der Waals surface area contributed by atoms with E-state index < -0.39 is 17.6 Å². The minimum absolute atomic E-state index is 0.267. The summed E-state index contributed by atoms with van der Waals surface area (Å²) in [6, 6.07) is 6.47. The van der Waals surface area contributed by atoms with Crippen molar-refractivity contribution in [1.29, 1.82) is 0 Å². The van der Waals surface area contributed by atoms with Gasteiger partial charge in [-0.3, -0.25) is 18.8 Å². The summed E-state index contributed by atoms with van der Waals surface area (Å²) in [5.74, 6) is -0.907. The number of allylic oxidation sites excluding steroid dienone is 1. The van der Waals surface area contributed by atoms with Gasteiger partial charge in [-0.1, -0.05) is 29.5 Å².